The number of hydrogen-bond acceptors (Lipinski definition) is 4. The predicted molar refractivity (Wildman–Crippen MR) is 91.4 cm³/mol. The molecule has 1 saturated heterocycles. The third-order valence-corrected chi connectivity index (χ3v) is 3.52. The Balaban J connectivity index is 1.91. The van der Waals surface area contributed by atoms with Crippen LogP contribution >= 0.6 is 12.6 Å². The number of hydrogen-bond donors (Lipinski definition) is 3. The molecule has 1 aliphatic heterocycles. The Morgan fingerprint density at radius 2 is 1.71 bits per heavy atom. The van der Waals surface area contributed by atoms with Crippen molar-refractivity contribution in [1.82, 2.24) is 10.2 Å². The summed E-state index contributed by atoms with van der Waals surface area (Å²) < 4.78 is 0. The molecule has 6 heteroatoms. The van der Waals surface area contributed by atoms with Gasteiger partial charge in [-0.3, -0.25) is 0 Å². The quantitative estimate of drug-likeness (QED) is 0.593. The van der Waals surface area contributed by atoms with E-state index in [0.29, 0.717) is 0 Å². The Morgan fingerprint density at radius 3 is 2.24 bits per heavy atom. The highest BCUT2D eigenvalue weighted by molar-refractivity contribution is 7.81. The normalized spacial score (nSPS) is 16.7. The van der Waals surface area contributed by atoms with Gasteiger partial charge in [0.15, 0.2) is 0 Å². The second-order valence-corrected chi connectivity index (χ2v) is 7.09. The van der Waals surface area contributed by atoms with Gasteiger partial charge in [0, 0.05) is 37.6 Å². The van der Waals surface area contributed by atoms with E-state index >= 15 is 0 Å². The topological polar surface area (TPSA) is 47.6 Å². The van der Waals surface area contributed by atoms with Crippen molar-refractivity contribution >= 4 is 30.0 Å². The number of piperazine rings is 1. The summed E-state index contributed by atoms with van der Waals surface area (Å²) in [5, 5.41) is 5.56. The highest BCUT2D eigenvalue weighted by Gasteiger charge is 2.16. The molecule has 2 N–H and O–H groups in total. The molecule has 2 amide bonds. The monoisotopic (exact) mass is 308 g/mol. The molecule has 5 nitrogen and oxygen atoms in total. The maximum Gasteiger partial charge on any atom is 0.320 e. The fourth-order valence-electron chi connectivity index (χ4n) is 2.26. The van der Waals surface area contributed by atoms with Gasteiger partial charge in [-0.25, -0.2) is 4.79 Å². The molecule has 1 aliphatic rings. The first-order valence-electron chi connectivity index (χ1n) is 7.18. The lowest BCUT2D eigenvalue weighted by atomic mass is 10.2. The highest BCUT2D eigenvalue weighted by Crippen LogP contribution is 2.19. The number of carbonyl (C=O) groups is 1. The summed E-state index contributed by atoms with van der Waals surface area (Å²) in [6.07, 6.45) is 0. The average Bonchev–Trinajstić information content (AvgIpc) is 2.38. The van der Waals surface area contributed by atoms with Crippen molar-refractivity contribution in [1.29, 1.82) is 0 Å². The van der Waals surface area contributed by atoms with Crippen LogP contribution in [0.15, 0.2) is 24.3 Å². The molecule has 0 aliphatic carbocycles. The van der Waals surface area contributed by atoms with Crippen molar-refractivity contribution in [2.75, 3.05) is 43.4 Å². The fraction of sp³-hybridized carbons (Fsp3) is 0.533. The molecule has 1 heterocycles. The number of nitrogens with one attached hydrogen (secondary N) is 2. The number of nitrogens with zero attached hydrogens (tertiary/aromatic N) is 2. The first-order valence-corrected chi connectivity index (χ1v) is 7.63. The molecule has 1 fully saturated rings. The van der Waals surface area contributed by atoms with Crippen LogP contribution in [0.25, 0.3) is 0 Å². The zero-order valence-corrected chi connectivity index (χ0v) is 13.8. The maximum absolute atomic E-state index is 11.8. The van der Waals surface area contributed by atoms with Gasteiger partial charge in [0.1, 0.15) is 0 Å². The predicted octanol–water partition coefficient (Wildman–Crippen LogP) is 2.23. The van der Waals surface area contributed by atoms with Crippen molar-refractivity contribution in [2.45, 2.75) is 18.7 Å². The number of rotatable bonds is 3. The standard InChI is InChI=1S/C15H24N4OS/c1-15(2,21)17-14(20)16-12-4-6-13(7-5-12)19-10-8-18(3)9-11-19/h4-7,21H,8-11H2,1-3H3,(H2,16,17,20). The van der Waals surface area contributed by atoms with Gasteiger partial charge in [0.25, 0.3) is 0 Å². The van der Waals surface area contributed by atoms with Crippen LogP contribution in [0.2, 0.25) is 0 Å². The number of amides is 2. The molecule has 0 bridgehead atoms. The number of thiol groups is 1. The summed E-state index contributed by atoms with van der Waals surface area (Å²) >= 11 is 4.27. The molecular formula is C15H24N4OS. The first-order chi connectivity index (χ1) is 9.83. The largest absolute Gasteiger partial charge is 0.369 e. The lowest BCUT2D eigenvalue weighted by molar-refractivity contribution is 0.248. The van der Waals surface area contributed by atoms with Crippen molar-refractivity contribution in [2.24, 2.45) is 0 Å². The molecule has 1 aromatic rings. The van der Waals surface area contributed by atoms with Crippen molar-refractivity contribution in [3.8, 4) is 0 Å². The number of anilines is 2. The molecule has 0 saturated carbocycles. The zero-order valence-electron chi connectivity index (χ0n) is 12.9. The average molecular weight is 308 g/mol. The number of likely N-dealkylation sites (N-methyl/N-ethyl adjacent to an activating group) is 1. The van der Waals surface area contributed by atoms with Crippen LogP contribution in [0.3, 0.4) is 0 Å². The van der Waals surface area contributed by atoms with Crippen LogP contribution in [0.4, 0.5) is 16.2 Å². The van der Waals surface area contributed by atoms with Crippen LogP contribution in [0.1, 0.15) is 13.8 Å². The van der Waals surface area contributed by atoms with Crippen LogP contribution in [-0.2, 0) is 0 Å². The van der Waals surface area contributed by atoms with Crippen LogP contribution in [-0.4, -0.2) is 49.0 Å². The minimum Gasteiger partial charge on any atom is -0.369 e. The lowest BCUT2D eigenvalue weighted by Gasteiger charge is -2.34. The summed E-state index contributed by atoms with van der Waals surface area (Å²) in [5.74, 6) is 0. The second-order valence-electron chi connectivity index (χ2n) is 5.98. The van der Waals surface area contributed by atoms with Crippen LogP contribution in [0, 0.1) is 0 Å². The van der Waals surface area contributed by atoms with E-state index < -0.39 is 4.87 Å². The lowest BCUT2D eigenvalue weighted by Crippen LogP contribution is -2.44. The molecule has 0 aromatic heterocycles. The van der Waals surface area contributed by atoms with Gasteiger partial charge < -0.3 is 20.4 Å². The molecule has 0 spiro atoms. The fourth-order valence-corrected chi connectivity index (χ4v) is 2.36. The SMILES string of the molecule is CN1CCN(c2ccc(NC(=O)NC(C)(C)S)cc2)CC1. The van der Waals surface area contributed by atoms with E-state index in [-0.39, 0.29) is 6.03 Å². The Morgan fingerprint density at radius 1 is 1.14 bits per heavy atom. The Bertz CT molecular complexity index is 475. The summed E-state index contributed by atoms with van der Waals surface area (Å²) in [4.78, 5) is 15.9. The van der Waals surface area contributed by atoms with E-state index in [9.17, 15) is 4.79 Å². The van der Waals surface area contributed by atoms with E-state index in [0.717, 1.165) is 31.9 Å². The van der Waals surface area contributed by atoms with E-state index in [2.05, 4.69) is 40.1 Å². The minimum absolute atomic E-state index is 0.248. The summed E-state index contributed by atoms with van der Waals surface area (Å²) in [7, 11) is 2.14. The van der Waals surface area contributed by atoms with Gasteiger partial charge in [0.05, 0.1) is 4.87 Å². The van der Waals surface area contributed by atoms with Gasteiger partial charge in [-0.05, 0) is 45.2 Å². The summed E-state index contributed by atoms with van der Waals surface area (Å²) in [6, 6.07) is 7.71. The maximum atomic E-state index is 11.8. The summed E-state index contributed by atoms with van der Waals surface area (Å²) in [5.41, 5.74) is 1.98. The molecule has 0 radical (unpaired) electrons. The minimum atomic E-state index is -0.538. The Kier molecular flexibility index (Phi) is 5.00. The van der Waals surface area contributed by atoms with Crippen molar-refractivity contribution < 1.29 is 4.79 Å². The second kappa shape index (κ2) is 6.58. The van der Waals surface area contributed by atoms with Gasteiger partial charge in [-0.15, -0.1) is 0 Å². The van der Waals surface area contributed by atoms with Gasteiger partial charge in [-0.1, -0.05) is 0 Å². The van der Waals surface area contributed by atoms with Gasteiger partial charge >= 0.3 is 6.03 Å². The number of benzene rings is 1. The Hall–Kier alpha value is -1.40. The van der Waals surface area contributed by atoms with Gasteiger partial charge in [-0.2, -0.15) is 12.6 Å². The van der Waals surface area contributed by atoms with Crippen molar-refractivity contribution in [3.05, 3.63) is 24.3 Å². The third-order valence-electron chi connectivity index (χ3n) is 3.41. The zero-order chi connectivity index (χ0) is 15.5. The van der Waals surface area contributed by atoms with Gasteiger partial charge in [0.2, 0.25) is 0 Å². The molecular weight excluding hydrogens is 284 g/mol. The Labute approximate surface area is 132 Å². The molecule has 0 atom stereocenters. The number of urea groups is 1. The van der Waals surface area contributed by atoms with Crippen LogP contribution in [0.5, 0.6) is 0 Å². The smallest absolute Gasteiger partial charge is 0.320 e. The number of carbonyl (C=O) groups excluding carboxylic acids is 1. The first kappa shape index (κ1) is 16.0. The molecule has 116 valence electrons. The van der Waals surface area contributed by atoms with Crippen LogP contribution < -0.4 is 15.5 Å². The van der Waals surface area contributed by atoms with E-state index in [4.69, 9.17) is 0 Å². The molecule has 1 aromatic carbocycles. The highest BCUT2D eigenvalue weighted by atomic mass is 32.1. The molecule has 21 heavy (non-hydrogen) atoms. The van der Waals surface area contributed by atoms with E-state index in [1.54, 1.807) is 0 Å². The van der Waals surface area contributed by atoms with E-state index in [1.165, 1.54) is 5.69 Å². The van der Waals surface area contributed by atoms with E-state index in [1.807, 2.05) is 38.1 Å². The molecule has 2 rings (SSSR count). The molecule has 0 unspecified atom stereocenters. The third kappa shape index (κ3) is 5.13. The summed E-state index contributed by atoms with van der Waals surface area (Å²) in [6.45, 7) is 7.90. The van der Waals surface area contributed by atoms with Crippen molar-refractivity contribution in [3.63, 3.8) is 0 Å².